The Morgan fingerprint density at radius 1 is 1.04 bits per heavy atom. The molecule has 24 heavy (non-hydrogen) atoms. The van der Waals surface area contributed by atoms with Gasteiger partial charge in [0.25, 0.3) is 11.5 Å². The number of anilines is 2. The van der Waals surface area contributed by atoms with E-state index in [0.717, 1.165) is 12.8 Å². The van der Waals surface area contributed by atoms with Crippen LogP contribution in [0.5, 0.6) is 0 Å². The number of pyridine rings is 1. The van der Waals surface area contributed by atoms with Crippen LogP contribution in [0.4, 0.5) is 16.2 Å². The summed E-state index contributed by atoms with van der Waals surface area (Å²) in [4.78, 5) is 35.3. The Morgan fingerprint density at radius 2 is 1.67 bits per heavy atom. The zero-order chi connectivity index (χ0) is 17.1. The minimum absolute atomic E-state index is 0.227. The van der Waals surface area contributed by atoms with Crippen molar-refractivity contribution in [2.45, 2.75) is 18.9 Å². The third-order valence-corrected chi connectivity index (χ3v) is 3.68. The molecule has 1 aromatic heterocycles. The lowest BCUT2D eigenvalue weighted by Gasteiger charge is -2.09. The summed E-state index contributed by atoms with van der Waals surface area (Å²) in [5.41, 5.74) is 1.27. The lowest BCUT2D eigenvalue weighted by molar-refractivity contribution is 0.102. The van der Waals surface area contributed by atoms with E-state index in [0.29, 0.717) is 23.0 Å². The fourth-order valence-electron chi connectivity index (χ4n) is 2.11. The second-order valence-corrected chi connectivity index (χ2v) is 5.77. The van der Waals surface area contributed by atoms with Gasteiger partial charge in [-0.25, -0.2) is 4.79 Å². The Bertz CT molecular complexity index is 822. The van der Waals surface area contributed by atoms with Crippen LogP contribution in [0.2, 0.25) is 0 Å². The highest BCUT2D eigenvalue weighted by molar-refractivity contribution is 6.04. The van der Waals surface area contributed by atoms with Gasteiger partial charge in [-0.2, -0.15) is 0 Å². The third kappa shape index (κ3) is 4.01. The highest BCUT2D eigenvalue weighted by Crippen LogP contribution is 2.19. The molecule has 1 fully saturated rings. The van der Waals surface area contributed by atoms with E-state index in [1.165, 1.54) is 10.6 Å². The van der Waals surface area contributed by atoms with E-state index < -0.39 is 0 Å². The highest BCUT2D eigenvalue weighted by atomic mass is 16.2. The summed E-state index contributed by atoms with van der Waals surface area (Å²) in [5, 5.41) is 8.27. The standard InChI is InChI=1S/C17H18N4O3/c1-21-9-8-11(10-15(21)22)16(23)18-12-2-4-13(5-3-12)19-17(24)20-14-6-7-14/h2-5,8-10,14H,6-7H2,1H3,(H,18,23)(H2,19,20,24). The van der Waals surface area contributed by atoms with E-state index >= 15 is 0 Å². The number of amides is 3. The molecule has 7 nitrogen and oxygen atoms in total. The van der Waals surface area contributed by atoms with E-state index in [2.05, 4.69) is 16.0 Å². The Labute approximate surface area is 138 Å². The predicted molar refractivity (Wildman–Crippen MR) is 91.3 cm³/mol. The number of carbonyl (C=O) groups is 2. The van der Waals surface area contributed by atoms with Gasteiger partial charge in [-0.05, 0) is 43.2 Å². The molecule has 2 aromatic rings. The molecule has 7 heteroatoms. The molecule has 0 radical (unpaired) electrons. The number of benzene rings is 1. The molecule has 0 aliphatic heterocycles. The average molecular weight is 326 g/mol. The van der Waals surface area contributed by atoms with Gasteiger partial charge >= 0.3 is 6.03 Å². The molecule has 3 amide bonds. The predicted octanol–water partition coefficient (Wildman–Crippen LogP) is 1.92. The van der Waals surface area contributed by atoms with Crippen molar-refractivity contribution in [2.24, 2.45) is 7.05 Å². The molecule has 124 valence electrons. The number of nitrogens with zero attached hydrogens (tertiary/aromatic N) is 1. The van der Waals surface area contributed by atoms with Crippen LogP contribution in [0.25, 0.3) is 0 Å². The number of aromatic nitrogens is 1. The first-order chi connectivity index (χ1) is 11.5. The van der Waals surface area contributed by atoms with Gasteiger partial charge in [-0.3, -0.25) is 9.59 Å². The van der Waals surface area contributed by atoms with Gasteiger partial charge < -0.3 is 20.5 Å². The Kier molecular flexibility index (Phi) is 4.33. The summed E-state index contributed by atoms with van der Waals surface area (Å²) in [6.45, 7) is 0. The molecule has 0 spiro atoms. The van der Waals surface area contributed by atoms with Gasteiger partial charge in [0.15, 0.2) is 0 Å². The maximum Gasteiger partial charge on any atom is 0.319 e. The first kappa shape index (κ1) is 15.8. The van der Waals surface area contributed by atoms with E-state index in [1.54, 1.807) is 43.6 Å². The first-order valence-electron chi connectivity index (χ1n) is 7.67. The SMILES string of the molecule is Cn1ccc(C(=O)Nc2ccc(NC(=O)NC3CC3)cc2)cc1=O. The number of nitrogens with one attached hydrogen (secondary N) is 3. The molecule has 1 aliphatic rings. The highest BCUT2D eigenvalue weighted by Gasteiger charge is 2.23. The molecule has 0 atom stereocenters. The van der Waals surface area contributed by atoms with Crippen molar-refractivity contribution >= 4 is 23.3 Å². The number of hydrogen-bond acceptors (Lipinski definition) is 3. The van der Waals surface area contributed by atoms with Crippen molar-refractivity contribution in [3.63, 3.8) is 0 Å². The summed E-state index contributed by atoms with van der Waals surface area (Å²) < 4.78 is 1.39. The summed E-state index contributed by atoms with van der Waals surface area (Å²) in [5.74, 6) is -0.361. The van der Waals surface area contributed by atoms with Crippen molar-refractivity contribution in [1.82, 2.24) is 9.88 Å². The van der Waals surface area contributed by atoms with Crippen LogP contribution in [0.1, 0.15) is 23.2 Å². The number of urea groups is 1. The van der Waals surface area contributed by atoms with Crippen molar-refractivity contribution in [1.29, 1.82) is 0 Å². The number of hydrogen-bond donors (Lipinski definition) is 3. The van der Waals surface area contributed by atoms with Gasteiger partial charge in [0.05, 0.1) is 0 Å². The summed E-state index contributed by atoms with van der Waals surface area (Å²) in [6, 6.07) is 9.70. The Morgan fingerprint density at radius 3 is 2.25 bits per heavy atom. The van der Waals surface area contributed by atoms with E-state index in [9.17, 15) is 14.4 Å². The van der Waals surface area contributed by atoms with Crippen LogP contribution in [0.3, 0.4) is 0 Å². The van der Waals surface area contributed by atoms with Gasteiger partial charge in [-0.15, -0.1) is 0 Å². The smallest absolute Gasteiger partial charge is 0.319 e. The van der Waals surface area contributed by atoms with Gasteiger partial charge in [-0.1, -0.05) is 0 Å². The average Bonchev–Trinajstić information content (AvgIpc) is 3.35. The van der Waals surface area contributed by atoms with E-state index in [-0.39, 0.29) is 17.5 Å². The van der Waals surface area contributed by atoms with E-state index in [4.69, 9.17) is 0 Å². The van der Waals surface area contributed by atoms with Crippen molar-refractivity contribution < 1.29 is 9.59 Å². The van der Waals surface area contributed by atoms with Crippen molar-refractivity contribution in [2.75, 3.05) is 10.6 Å². The number of aryl methyl sites for hydroxylation is 1. The van der Waals surface area contributed by atoms with Crippen LogP contribution in [0.15, 0.2) is 47.4 Å². The zero-order valence-corrected chi connectivity index (χ0v) is 13.2. The normalized spacial score (nSPS) is 13.2. The minimum atomic E-state index is -0.361. The lowest BCUT2D eigenvalue weighted by atomic mass is 10.2. The molecule has 1 aliphatic carbocycles. The van der Waals surface area contributed by atoms with Crippen LogP contribution < -0.4 is 21.5 Å². The van der Waals surface area contributed by atoms with Crippen molar-refractivity contribution in [3.05, 3.63) is 58.5 Å². The number of carbonyl (C=O) groups excluding carboxylic acids is 2. The largest absolute Gasteiger partial charge is 0.335 e. The fourth-order valence-corrected chi connectivity index (χ4v) is 2.11. The molecule has 0 saturated heterocycles. The first-order valence-corrected chi connectivity index (χ1v) is 7.67. The minimum Gasteiger partial charge on any atom is -0.335 e. The van der Waals surface area contributed by atoms with Crippen LogP contribution >= 0.6 is 0 Å². The molecule has 3 rings (SSSR count). The second-order valence-electron chi connectivity index (χ2n) is 5.77. The monoisotopic (exact) mass is 326 g/mol. The molecular formula is C17H18N4O3. The number of rotatable bonds is 4. The van der Waals surface area contributed by atoms with Crippen LogP contribution in [-0.4, -0.2) is 22.5 Å². The topological polar surface area (TPSA) is 92.2 Å². The van der Waals surface area contributed by atoms with Crippen LogP contribution in [-0.2, 0) is 7.05 Å². The molecule has 3 N–H and O–H groups in total. The molecule has 1 heterocycles. The molecule has 0 bridgehead atoms. The molecule has 1 aromatic carbocycles. The molecule has 0 unspecified atom stereocenters. The Hall–Kier alpha value is -3.09. The fraction of sp³-hybridized carbons (Fsp3) is 0.235. The second kappa shape index (κ2) is 6.57. The maximum atomic E-state index is 12.1. The van der Waals surface area contributed by atoms with E-state index in [1.807, 2.05) is 0 Å². The summed E-state index contributed by atoms with van der Waals surface area (Å²) in [6.07, 6.45) is 3.60. The lowest BCUT2D eigenvalue weighted by Crippen LogP contribution is -2.30. The van der Waals surface area contributed by atoms with Gasteiger partial charge in [0, 0.05) is 42.3 Å². The summed E-state index contributed by atoms with van der Waals surface area (Å²) >= 11 is 0. The van der Waals surface area contributed by atoms with Crippen molar-refractivity contribution in [3.8, 4) is 0 Å². The third-order valence-electron chi connectivity index (χ3n) is 3.68. The quantitative estimate of drug-likeness (QED) is 0.801. The Balaban J connectivity index is 1.60. The van der Waals surface area contributed by atoms with Gasteiger partial charge in [0.1, 0.15) is 0 Å². The summed E-state index contributed by atoms with van der Waals surface area (Å²) in [7, 11) is 1.62. The molecule has 1 saturated carbocycles. The zero-order valence-electron chi connectivity index (χ0n) is 13.2. The van der Waals surface area contributed by atoms with Crippen LogP contribution in [0, 0.1) is 0 Å². The molecular weight excluding hydrogens is 308 g/mol. The van der Waals surface area contributed by atoms with Gasteiger partial charge in [0.2, 0.25) is 0 Å². The maximum absolute atomic E-state index is 12.1.